The molecule has 1 saturated heterocycles. The standard InChI is InChI=1S/C28H35N7O2/c1-6-20-17-26(37)35(23-9-8-14-34(19-23)25(36)7-2)27-24(20)18-29-28(31-27)30-21-10-12-22(13-11-21)33(5)16-15-32(3)4/h1,10-13,17-18,23H,7-9,14-16,19H2,2-5H3,(H,29,30,31). The predicted molar refractivity (Wildman–Crippen MR) is 148 cm³/mol. The average Bonchev–Trinajstić information content (AvgIpc) is 2.91. The van der Waals surface area contributed by atoms with Crippen molar-refractivity contribution >= 4 is 34.3 Å². The minimum absolute atomic E-state index is 0.0927. The normalized spacial score (nSPS) is 15.6. The molecule has 0 spiro atoms. The van der Waals surface area contributed by atoms with Gasteiger partial charge in [0.1, 0.15) is 5.65 Å². The number of hydrogen-bond donors (Lipinski definition) is 1. The van der Waals surface area contributed by atoms with Crippen LogP contribution in [0.3, 0.4) is 0 Å². The van der Waals surface area contributed by atoms with Crippen molar-refractivity contribution in [1.29, 1.82) is 0 Å². The number of carbonyl (C=O) groups is 1. The number of benzene rings is 1. The molecule has 4 rings (SSSR count). The minimum Gasteiger partial charge on any atom is -0.373 e. The van der Waals surface area contributed by atoms with Crippen LogP contribution in [0.5, 0.6) is 0 Å². The number of anilines is 3. The first-order valence-electron chi connectivity index (χ1n) is 12.7. The Morgan fingerprint density at radius 1 is 1.22 bits per heavy atom. The molecule has 0 saturated carbocycles. The second-order valence-corrected chi connectivity index (χ2v) is 9.73. The number of carbonyl (C=O) groups excluding carboxylic acids is 1. The maximum Gasteiger partial charge on any atom is 0.253 e. The van der Waals surface area contributed by atoms with Crippen LogP contribution >= 0.6 is 0 Å². The number of hydrogen-bond acceptors (Lipinski definition) is 7. The van der Waals surface area contributed by atoms with Gasteiger partial charge in [-0.15, -0.1) is 6.42 Å². The highest BCUT2D eigenvalue weighted by molar-refractivity contribution is 5.83. The summed E-state index contributed by atoms with van der Waals surface area (Å²) in [4.78, 5) is 41.0. The van der Waals surface area contributed by atoms with E-state index in [1.165, 1.54) is 6.07 Å². The number of likely N-dealkylation sites (N-methyl/N-ethyl adjacent to an activating group) is 2. The van der Waals surface area contributed by atoms with Gasteiger partial charge in [0.2, 0.25) is 11.9 Å². The molecule has 1 unspecified atom stereocenters. The summed E-state index contributed by atoms with van der Waals surface area (Å²) in [6, 6.07) is 9.35. The molecule has 3 heterocycles. The fourth-order valence-electron chi connectivity index (χ4n) is 4.68. The lowest BCUT2D eigenvalue weighted by Gasteiger charge is -2.34. The van der Waals surface area contributed by atoms with E-state index in [1.54, 1.807) is 10.8 Å². The van der Waals surface area contributed by atoms with Gasteiger partial charge in [-0.2, -0.15) is 4.98 Å². The summed E-state index contributed by atoms with van der Waals surface area (Å²) in [6.07, 6.45) is 9.42. The van der Waals surface area contributed by atoms with E-state index in [0.29, 0.717) is 42.1 Å². The summed E-state index contributed by atoms with van der Waals surface area (Å²) in [5.41, 5.74) is 2.68. The number of terminal acetylenes is 1. The van der Waals surface area contributed by atoms with Gasteiger partial charge in [0.25, 0.3) is 5.56 Å². The fourth-order valence-corrected chi connectivity index (χ4v) is 4.68. The zero-order valence-corrected chi connectivity index (χ0v) is 22.1. The largest absolute Gasteiger partial charge is 0.373 e. The number of nitrogens with zero attached hydrogens (tertiary/aromatic N) is 6. The molecule has 1 aliphatic heterocycles. The van der Waals surface area contributed by atoms with Crippen molar-refractivity contribution in [3.8, 4) is 12.3 Å². The number of fused-ring (bicyclic) bond motifs is 1. The van der Waals surface area contributed by atoms with Crippen molar-refractivity contribution in [3.05, 3.63) is 52.4 Å². The van der Waals surface area contributed by atoms with Crippen molar-refractivity contribution in [3.63, 3.8) is 0 Å². The molecule has 1 aliphatic rings. The second kappa shape index (κ2) is 11.4. The molecule has 3 aromatic rings. The van der Waals surface area contributed by atoms with Gasteiger partial charge < -0.3 is 20.0 Å². The van der Waals surface area contributed by atoms with Gasteiger partial charge in [0.15, 0.2) is 0 Å². The smallest absolute Gasteiger partial charge is 0.253 e. The Morgan fingerprint density at radius 3 is 2.65 bits per heavy atom. The Labute approximate surface area is 218 Å². The summed E-state index contributed by atoms with van der Waals surface area (Å²) in [7, 11) is 6.19. The van der Waals surface area contributed by atoms with E-state index >= 15 is 0 Å². The number of aromatic nitrogens is 3. The quantitative estimate of drug-likeness (QED) is 0.475. The van der Waals surface area contributed by atoms with E-state index in [-0.39, 0.29) is 17.5 Å². The van der Waals surface area contributed by atoms with Gasteiger partial charge in [-0.25, -0.2) is 4.98 Å². The van der Waals surface area contributed by atoms with Crippen molar-refractivity contribution in [2.75, 3.05) is 57.5 Å². The lowest BCUT2D eigenvalue weighted by molar-refractivity contribution is -0.132. The topological polar surface area (TPSA) is 86.6 Å². The van der Waals surface area contributed by atoms with Crippen molar-refractivity contribution in [2.24, 2.45) is 0 Å². The van der Waals surface area contributed by atoms with Crippen LogP contribution in [-0.4, -0.2) is 77.6 Å². The van der Waals surface area contributed by atoms with Crippen LogP contribution in [0.2, 0.25) is 0 Å². The lowest BCUT2D eigenvalue weighted by atomic mass is 10.0. The Balaban J connectivity index is 1.64. The van der Waals surface area contributed by atoms with Crippen LogP contribution in [0.15, 0.2) is 41.3 Å². The van der Waals surface area contributed by atoms with Crippen LogP contribution in [-0.2, 0) is 4.79 Å². The van der Waals surface area contributed by atoms with Gasteiger partial charge in [-0.3, -0.25) is 14.2 Å². The third-order valence-electron chi connectivity index (χ3n) is 6.81. The molecule has 1 atom stereocenters. The van der Waals surface area contributed by atoms with Crippen LogP contribution in [0.1, 0.15) is 37.8 Å². The molecule has 1 N–H and O–H groups in total. The molecule has 1 amide bonds. The SMILES string of the molecule is C#Cc1cc(=O)n(C2CCCN(C(=O)CC)C2)c2nc(Nc3ccc(N(C)CCN(C)C)cc3)ncc12. The zero-order valence-electron chi connectivity index (χ0n) is 22.1. The van der Waals surface area contributed by atoms with E-state index in [9.17, 15) is 9.59 Å². The summed E-state index contributed by atoms with van der Waals surface area (Å²) in [6.45, 7) is 4.93. The van der Waals surface area contributed by atoms with E-state index < -0.39 is 0 Å². The van der Waals surface area contributed by atoms with Crippen molar-refractivity contribution < 1.29 is 4.79 Å². The van der Waals surface area contributed by atoms with Gasteiger partial charge >= 0.3 is 0 Å². The number of nitrogens with one attached hydrogen (secondary N) is 1. The molecule has 0 aliphatic carbocycles. The average molecular weight is 502 g/mol. The summed E-state index contributed by atoms with van der Waals surface area (Å²) < 4.78 is 1.68. The monoisotopic (exact) mass is 501 g/mol. The first-order valence-corrected chi connectivity index (χ1v) is 12.7. The molecule has 9 heteroatoms. The maximum absolute atomic E-state index is 13.2. The van der Waals surface area contributed by atoms with E-state index in [2.05, 4.69) is 47.2 Å². The number of amides is 1. The van der Waals surface area contributed by atoms with Gasteiger partial charge in [0.05, 0.1) is 11.4 Å². The predicted octanol–water partition coefficient (Wildman–Crippen LogP) is 3.09. The molecule has 1 aromatic carbocycles. The second-order valence-electron chi connectivity index (χ2n) is 9.73. The molecule has 0 bridgehead atoms. The van der Waals surface area contributed by atoms with Crippen LogP contribution < -0.4 is 15.8 Å². The minimum atomic E-state index is -0.217. The van der Waals surface area contributed by atoms with Crippen LogP contribution in [0.4, 0.5) is 17.3 Å². The highest BCUT2D eigenvalue weighted by Gasteiger charge is 2.26. The first kappa shape index (κ1) is 26.2. The molecule has 1 fully saturated rings. The molecule has 37 heavy (non-hydrogen) atoms. The Kier molecular flexibility index (Phi) is 8.09. The third-order valence-corrected chi connectivity index (χ3v) is 6.81. The number of pyridine rings is 1. The maximum atomic E-state index is 13.2. The van der Waals surface area contributed by atoms with E-state index in [1.807, 2.05) is 36.1 Å². The fraction of sp³-hybridized carbons (Fsp3) is 0.429. The first-order chi connectivity index (χ1) is 17.8. The number of piperidine rings is 1. The van der Waals surface area contributed by atoms with Crippen LogP contribution in [0, 0.1) is 12.3 Å². The highest BCUT2D eigenvalue weighted by atomic mass is 16.2. The molecule has 9 nitrogen and oxygen atoms in total. The Morgan fingerprint density at radius 2 is 1.97 bits per heavy atom. The Bertz CT molecular complexity index is 1360. The third kappa shape index (κ3) is 5.92. The van der Waals surface area contributed by atoms with E-state index in [4.69, 9.17) is 11.4 Å². The highest BCUT2D eigenvalue weighted by Crippen LogP contribution is 2.26. The molecular formula is C28H35N7O2. The molecule has 194 valence electrons. The zero-order chi connectivity index (χ0) is 26.5. The molecule has 0 radical (unpaired) electrons. The Hall–Kier alpha value is -3.90. The van der Waals surface area contributed by atoms with Gasteiger partial charge in [-0.1, -0.05) is 12.8 Å². The van der Waals surface area contributed by atoms with Crippen molar-refractivity contribution in [1.82, 2.24) is 24.3 Å². The van der Waals surface area contributed by atoms with E-state index in [0.717, 1.165) is 37.3 Å². The van der Waals surface area contributed by atoms with Gasteiger partial charge in [-0.05, 0) is 51.2 Å². The number of rotatable bonds is 8. The molecule has 2 aromatic heterocycles. The van der Waals surface area contributed by atoms with Gasteiger partial charge in [0, 0.05) is 68.8 Å². The lowest BCUT2D eigenvalue weighted by Crippen LogP contribution is -2.42. The van der Waals surface area contributed by atoms with Crippen LogP contribution in [0.25, 0.3) is 11.0 Å². The number of likely N-dealkylation sites (tertiary alicyclic amines) is 1. The summed E-state index contributed by atoms with van der Waals surface area (Å²) in [5.74, 6) is 3.06. The van der Waals surface area contributed by atoms with Crippen molar-refractivity contribution in [2.45, 2.75) is 32.2 Å². The summed E-state index contributed by atoms with van der Waals surface area (Å²) in [5, 5.41) is 3.90. The molecular weight excluding hydrogens is 466 g/mol. The summed E-state index contributed by atoms with van der Waals surface area (Å²) >= 11 is 0.